The number of carbonyl (C=O) groups is 2. The lowest BCUT2D eigenvalue weighted by Gasteiger charge is -2.43. The summed E-state index contributed by atoms with van der Waals surface area (Å²) in [5.74, 6) is -1.32. The first-order chi connectivity index (χ1) is 16.0. The fourth-order valence-electron chi connectivity index (χ4n) is 4.45. The van der Waals surface area contributed by atoms with Crippen LogP contribution in [0, 0.1) is 16.7 Å². The summed E-state index contributed by atoms with van der Waals surface area (Å²) in [6, 6.07) is 13.4. The fraction of sp³-hybridized carbons (Fsp3) is 0.240. The van der Waals surface area contributed by atoms with E-state index in [1.165, 1.54) is 5.01 Å². The first kappa shape index (κ1) is 24.2. The third kappa shape index (κ3) is 4.39. The molecule has 1 aliphatic carbocycles. The number of nitrogens with one attached hydrogen (secondary N) is 1. The largest absolute Gasteiger partial charge is 0.383 e. The lowest BCUT2D eigenvalue weighted by atomic mass is 9.69. The van der Waals surface area contributed by atoms with E-state index in [0.717, 1.165) is 0 Å². The van der Waals surface area contributed by atoms with Crippen molar-refractivity contribution in [2.45, 2.75) is 32.6 Å². The summed E-state index contributed by atoms with van der Waals surface area (Å²) in [6.45, 7) is 3.94. The number of hydrazine groups is 1. The number of nitriles is 1. The number of rotatable bonds is 3. The predicted octanol–water partition coefficient (Wildman–Crippen LogP) is 5.73. The molecule has 1 unspecified atom stereocenters. The Morgan fingerprint density at radius 3 is 2.38 bits per heavy atom. The number of allylic oxidation sites excluding steroid dienone is 3. The number of carbonyl (C=O) groups excluding carboxylic acids is 2. The van der Waals surface area contributed by atoms with Gasteiger partial charge in [-0.3, -0.25) is 15.0 Å². The maximum atomic E-state index is 13.5. The van der Waals surface area contributed by atoms with Crippen molar-refractivity contribution in [2.75, 3.05) is 0 Å². The van der Waals surface area contributed by atoms with Gasteiger partial charge in [0.05, 0.1) is 23.3 Å². The number of hydrogen-bond acceptors (Lipinski definition) is 5. The Bertz CT molecular complexity index is 1310. The second-order valence-electron chi connectivity index (χ2n) is 9.09. The van der Waals surface area contributed by atoms with Crippen molar-refractivity contribution < 1.29 is 9.59 Å². The van der Waals surface area contributed by atoms with E-state index in [-0.39, 0.29) is 29.0 Å². The molecule has 34 heavy (non-hydrogen) atoms. The summed E-state index contributed by atoms with van der Waals surface area (Å²) in [5, 5.41) is 12.7. The Morgan fingerprint density at radius 2 is 1.76 bits per heavy atom. The van der Waals surface area contributed by atoms with Gasteiger partial charge in [-0.25, -0.2) is 5.01 Å². The molecule has 4 rings (SSSR count). The molecule has 0 saturated heterocycles. The molecule has 174 valence electrons. The zero-order valence-corrected chi connectivity index (χ0v) is 20.7. The molecule has 1 aliphatic heterocycles. The lowest BCUT2D eigenvalue weighted by Crippen LogP contribution is -2.49. The van der Waals surface area contributed by atoms with Crippen molar-refractivity contribution in [3.63, 3.8) is 0 Å². The van der Waals surface area contributed by atoms with E-state index in [0.29, 0.717) is 43.9 Å². The van der Waals surface area contributed by atoms with E-state index in [9.17, 15) is 14.9 Å². The van der Waals surface area contributed by atoms with E-state index in [2.05, 4.69) is 11.5 Å². The number of Topliss-reactive ketones (excluding diaryl/α,β-unsaturated/α-hetero) is 1. The molecule has 0 bridgehead atoms. The second kappa shape index (κ2) is 8.99. The second-order valence-corrected chi connectivity index (χ2v) is 10.4. The van der Waals surface area contributed by atoms with Crippen LogP contribution in [0.15, 0.2) is 65.1 Å². The van der Waals surface area contributed by atoms with Gasteiger partial charge in [-0.05, 0) is 53.8 Å². The highest BCUT2D eigenvalue weighted by atomic mass is 35.5. The van der Waals surface area contributed by atoms with Crippen LogP contribution < -0.4 is 11.2 Å². The van der Waals surface area contributed by atoms with Gasteiger partial charge in [-0.1, -0.05) is 54.7 Å². The van der Waals surface area contributed by atoms with Gasteiger partial charge in [0.15, 0.2) is 5.78 Å². The van der Waals surface area contributed by atoms with Crippen LogP contribution in [0.3, 0.4) is 0 Å². The molecular weight excluding hydrogens is 495 g/mol. The van der Waals surface area contributed by atoms with Gasteiger partial charge in [0, 0.05) is 32.6 Å². The average molecular weight is 516 g/mol. The molecule has 2 aromatic carbocycles. The van der Waals surface area contributed by atoms with Gasteiger partial charge in [0.1, 0.15) is 5.82 Å². The number of nitrogens with two attached hydrogens (primary N) is 1. The molecule has 9 heteroatoms. The highest BCUT2D eigenvalue weighted by molar-refractivity contribution is 6.35. The smallest absolute Gasteiger partial charge is 0.270 e. The molecule has 1 amide bonds. The number of ketones is 1. The molecule has 2 aliphatic rings. The van der Waals surface area contributed by atoms with Crippen molar-refractivity contribution in [2.24, 2.45) is 11.1 Å². The zero-order chi connectivity index (χ0) is 24.8. The van der Waals surface area contributed by atoms with Gasteiger partial charge in [0.2, 0.25) is 0 Å². The summed E-state index contributed by atoms with van der Waals surface area (Å²) in [6.07, 6.45) is 0.737. The highest BCUT2D eigenvalue weighted by Crippen LogP contribution is 2.49. The highest BCUT2D eigenvalue weighted by Gasteiger charge is 2.45. The van der Waals surface area contributed by atoms with Crippen LogP contribution in [0.25, 0.3) is 0 Å². The van der Waals surface area contributed by atoms with E-state index >= 15 is 0 Å². The van der Waals surface area contributed by atoms with Crippen LogP contribution in [0.5, 0.6) is 0 Å². The van der Waals surface area contributed by atoms with Crippen molar-refractivity contribution in [1.29, 1.82) is 5.26 Å². The van der Waals surface area contributed by atoms with E-state index < -0.39 is 11.8 Å². The zero-order valence-electron chi connectivity index (χ0n) is 18.5. The van der Waals surface area contributed by atoms with Crippen LogP contribution >= 0.6 is 34.8 Å². The number of amides is 1. The fourth-order valence-corrected chi connectivity index (χ4v) is 5.09. The molecule has 0 saturated carbocycles. The Labute approximate surface area is 212 Å². The SMILES string of the molecule is CC1(C)CC(=O)C2=C(C1)N(NC(=O)c1ccc(Cl)cc1)C(N)=C(C#N)C2c1ccc(Cl)cc1Cl. The first-order valence-electron chi connectivity index (χ1n) is 10.5. The maximum absolute atomic E-state index is 13.5. The number of benzene rings is 2. The summed E-state index contributed by atoms with van der Waals surface area (Å²) >= 11 is 18.5. The molecule has 0 aromatic heterocycles. The molecule has 0 radical (unpaired) electrons. The van der Waals surface area contributed by atoms with Crippen molar-refractivity contribution in [3.8, 4) is 6.07 Å². The van der Waals surface area contributed by atoms with Gasteiger partial charge < -0.3 is 5.73 Å². The summed E-state index contributed by atoms with van der Waals surface area (Å²) in [4.78, 5) is 26.5. The molecule has 3 N–H and O–H groups in total. The Kier molecular flexibility index (Phi) is 6.39. The van der Waals surface area contributed by atoms with Crippen molar-refractivity contribution in [3.05, 3.63) is 91.3 Å². The Balaban J connectivity index is 1.87. The summed E-state index contributed by atoms with van der Waals surface area (Å²) in [5.41, 5.74) is 10.8. The molecule has 1 atom stereocenters. The lowest BCUT2D eigenvalue weighted by molar-refractivity contribution is -0.118. The van der Waals surface area contributed by atoms with Gasteiger partial charge in [-0.15, -0.1) is 0 Å². The molecular formula is C25H21Cl3N4O2. The molecule has 6 nitrogen and oxygen atoms in total. The van der Waals surface area contributed by atoms with Crippen molar-refractivity contribution in [1.82, 2.24) is 10.4 Å². The third-order valence-electron chi connectivity index (χ3n) is 5.97. The monoisotopic (exact) mass is 514 g/mol. The molecule has 1 heterocycles. The van der Waals surface area contributed by atoms with Crippen LogP contribution in [0.1, 0.15) is 48.5 Å². The van der Waals surface area contributed by atoms with Crippen LogP contribution in [-0.2, 0) is 4.79 Å². The van der Waals surface area contributed by atoms with Gasteiger partial charge >= 0.3 is 0 Å². The standard InChI is InChI=1S/C25H21Cl3N4O2/c1-25(2)10-19-22(20(33)11-25)21(16-8-7-15(27)9-18(16)28)17(12-29)23(30)32(19)31-24(34)13-3-5-14(26)6-4-13/h3-9,21H,10-11,30H2,1-2H3,(H,31,34). The molecule has 0 spiro atoms. The minimum absolute atomic E-state index is 0.0325. The van der Waals surface area contributed by atoms with Crippen LogP contribution in [0.4, 0.5) is 0 Å². The summed E-state index contributed by atoms with van der Waals surface area (Å²) < 4.78 is 0. The average Bonchev–Trinajstić information content (AvgIpc) is 2.75. The Morgan fingerprint density at radius 1 is 1.12 bits per heavy atom. The minimum Gasteiger partial charge on any atom is -0.383 e. The predicted molar refractivity (Wildman–Crippen MR) is 132 cm³/mol. The number of nitrogens with zero attached hydrogens (tertiary/aromatic N) is 2. The van der Waals surface area contributed by atoms with E-state index in [4.69, 9.17) is 40.5 Å². The molecule has 0 fully saturated rings. The third-order valence-corrected chi connectivity index (χ3v) is 6.79. The molecule has 2 aromatic rings. The van der Waals surface area contributed by atoms with Crippen molar-refractivity contribution >= 4 is 46.5 Å². The normalized spacial score (nSPS) is 19.6. The van der Waals surface area contributed by atoms with E-state index in [1.807, 2.05) is 13.8 Å². The maximum Gasteiger partial charge on any atom is 0.270 e. The van der Waals surface area contributed by atoms with Crippen LogP contribution in [0.2, 0.25) is 15.1 Å². The van der Waals surface area contributed by atoms with E-state index in [1.54, 1.807) is 42.5 Å². The topological polar surface area (TPSA) is 99.2 Å². The van der Waals surface area contributed by atoms with Gasteiger partial charge in [-0.2, -0.15) is 5.26 Å². The summed E-state index contributed by atoms with van der Waals surface area (Å²) in [7, 11) is 0. The Hall–Kier alpha value is -2.98. The van der Waals surface area contributed by atoms with Crippen LogP contribution in [-0.4, -0.2) is 16.7 Å². The minimum atomic E-state index is -0.767. The number of halogens is 3. The quantitative estimate of drug-likeness (QED) is 0.544. The van der Waals surface area contributed by atoms with Gasteiger partial charge in [0.25, 0.3) is 5.91 Å². The number of hydrogen-bond donors (Lipinski definition) is 2. The first-order valence-corrected chi connectivity index (χ1v) is 11.6.